The molecular formula is C15H22O3. The molecule has 0 saturated heterocycles. The molecule has 0 unspecified atom stereocenters. The highest BCUT2D eigenvalue weighted by atomic mass is 16.5. The van der Waals surface area contributed by atoms with Crippen molar-refractivity contribution in [1.29, 1.82) is 0 Å². The zero-order valence-corrected chi connectivity index (χ0v) is 11.5. The average molecular weight is 250 g/mol. The topological polar surface area (TPSA) is 46.5 Å². The molecule has 1 aliphatic heterocycles. The number of hydrogen-bond donors (Lipinski definition) is 1. The van der Waals surface area contributed by atoms with Crippen molar-refractivity contribution in [3.05, 3.63) is 11.1 Å². The van der Waals surface area contributed by atoms with Gasteiger partial charge in [0.25, 0.3) is 0 Å². The Labute approximate surface area is 108 Å². The van der Waals surface area contributed by atoms with Gasteiger partial charge in [-0.15, -0.1) is 0 Å². The molecule has 1 saturated carbocycles. The van der Waals surface area contributed by atoms with Crippen LogP contribution in [0.25, 0.3) is 0 Å². The zero-order valence-electron chi connectivity index (χ0n) is 11.5. The second kappa shape index (κ2) is 3.60. The number of carbonyl (C=O) groups excluding carboxylic acids is 1. The summed E-state index contributed by atoms with van der Waals surface area (Å²) in [6.07, 6.45) is 3.60. The molecule has 0 spiro atoms. The van der Waals surface area contributed by atoms with E-state index < -0.39 is 6.10 Å². The van der Waals surface area contributed by atoms with Gasteiger partial charge in [0, 0.05) is 0 Å². The molecule has 3 heteroatoms. The van der Waals surface area contributed by atoms with Crippen molar-refractivity contribution >= 4 is 5.97 Å². The first-order valence-electron chi connectivity index (χ1n) is 6.95. The summed E-state index contributed by atoms with van der Waals surface area (Å²) in [5.74, 6) is 0.155. The Morgan fingerprint density at radius 3 is 2.72 bits per heavy atom. The Hall–Kier alpha value is -0.830. The van der Waals surface area contributed by atoms with Crippen LogP contribution in [-0.2, 0) is 9.53 Å². The number of ether oxygens (including phenoxy) is 1. The fourth-order valence-electron chi connectivity index (χ4n) is 4.63. The third-order valence-corrected chi connectivity index (χ3v) is 5.60. The summed E-state index contributed by atoms with van der Waals surface area (Å²) in [5, 5.41) is 10.3. The standard InChI is InChI=1S/C15H22O3/c1-14(2)5-4-6-15(3)9-8-18-13(17)12(9)10(16)7-11(14)15/h10-11,16H,4-8H2,1-3H3/t10-,11+,15-/m1/s1. The third kappa shape index (κ3) is 1.43. The second-order valence-corrected chi connectivity index (χ2v) is 7.03. The molecule has 1 fully saturated rings. The average Bonchev–Trinajstić information content (AvgIpc) is 2.66. The Balaban J connectivity index is 2.11. The number of cyclic esters (lactones) is 1. The van der Waals surface area contributed by atoms with Crippen LogP contribution < -0.4 is 0 Å². The largest absolute Gasteiger partial charge is 0.458 e. The van der Waals surface area contributed by atoms with Gasteiger partial charge in [-0.25, -0.2) is 4.79 Å². The van der Waals surface area contributed by atoms with Gasteiger partial charge in [0.15, 0.2) is 0 Å². The number of hydrogen-bond acceptors (Lipinski definition) is 3. The predicted octanol–water partition coefficient (Wildman–Crippen LogP) is 2.44. The van der Waals surface area contributed by atoms with E-state index in [2.05, 4.69) is 20.8 Å². The summed E-state index contributed by atoms with van der Waals surface area (Å²) in [7, 11) is 0. The lowest BCUT2D eigenvalue weighted by Crippen LogP contribution is -2.48. The van der Waals surface area contributed by atoms with Gasteiger partial charge in [0.1, 0.15) is 6.61 Å². The molecule has 2 aliphatic carbocycles. The van der Waals surface area contributed by atoms with E-state index in [1.54, 1.807) is 0 Å². The van der Waals surface area contributed by atoms with Crippen LogP contribution in [-0.4, -0.2) is 23.8 Å². The first kappa shape index (κ1) is 12.2. The zero-order chi connectivity index (χ0) is 13.1. The van der Waals surface area contributed by atoms with Gasteiger partial charge in [-0.2, -0.15) is 0 Å². The van der Waals surface area contributed by atoms with Crippen molar-refractivity contribution in [1.82, 2.24) is 0 Å². The van der Waals surface area contributed by atoms with Gasteiger partial charge in [-0.1, -0.05) is 27.2 Å². The van der Waals surface area contributed by atoms with E-state index in [4.69, 9.17) is 4.74 Å². The number of aliphatic hydroxyl groups is 1. The Bertz CT molecular complexity index is 435. The maximum atomic E-state index is 11.8. The van der Waals surface area contributed by atoms with Gasteiger partial charge in [-0.05, 0) is 41.6 Å². The fourth-order valence-corrected chi connectivity index (χ4v) is 4.63. The van der Waals surface area contributed by atoms with Crippen molar-refractivity contribution in [2.75, 3.05) is 6.61 Å². The number of esters is 1. The van der Waals surface area contributed by atoms with Gasteiger partial charge >= 0.3 is 5.97 Å². The molecule has 18 heavy (non-hydrogen) atoms. The van der Waals surface area contributed by atoms with Crippen molar-refractivity contribution < 1.29 is 14.6 Å². The minimum Gasteiger partial charge on any atom is -0.458 e. The molecule has 3 nitrogen and oxygen atoms in total. The fraction of sp³-hybridized carbons (Fsp3) is 0.800. The van der Waals surface area contributed by atoms with Crippen LogP contribution in [0.3, 0.4) is 0 Å². The second-order valence-electron chi connectivity index (χ2n) is 7.03. The van der Waals surface area contributed by atoms with Crippen LogP contribution >= 0.6 is 0 Å². The maximum Gasteiger partial charge on any atom is 0.337 e. The molecule has 0 bridgehead atoms. The van der Waals surface area contributed by atoms with Gasteiger partial charge in [0.05, 0.1) is 11.7 Å². The van der Waals surface area contributed by atoms with E-state index in [0.29, 0.717) is 24.5 Å². The van der Waals surface area contributed by atoms with Gasteiger partial charge in [0.2, 0.25) is 0 Å². The summed E-state index contributed by atoms with van der Waals surface area (Å²) < 4.78 is 5.18. The van der Waals surface area contributed by atoms with Crippen LogP contribution in [0, 0.1) is 16.7 Å². The molecule has 3 rings (SSSR count). The molecular weight excluding hydrogens is 228 g/mol. The summed E-state index contributed by atoms with van der Waals surface area (Å²) in [5.41, 5.74) is 1.94. The maximum absolute atomic E-state index is 11.8. The quantitative estimate of drug-likeness (QED) is 0.672. The normalized spacial score (nSPS) is 42.3. The SMILES string of the molecule is CC1(C)CCC[C@]2(C)C3=C(C(=O)OC3)[C@H](O)C[C@@H]12. The van der Waals surface area contributed by atoms with E-state index in [1.165, 1.54) is 12.8 Å². The lowest BCUT2D eigenvalue weighted by atomic mass is 9.50. The molecule has 1 N–H and O–H groups in total. The molecule has 0 aromatic heterocycles. The Morgan fingerprint density at radius 1 is 1.28 bits per heavy atom. The lowest BCUT2D eigenvalue weighted by molar-refractivity contribution is -0.137. The van der Waals surface area contributed by atoms with Crippen LogP contribution in [0.2, 0.25) is 0 Å². The van der Waals surface area contributed by atoms with Crippen molar-refractivity contribution in [2.45, 2.75) is 52.6 Å². The molecule has 3 aliphatic rings. The number of fused-ring (bicyclic) bond motifs is 2. The molecule has 0 amide bonds. The van der Waals surface area contributed by atoms with Crippen LogP contribution in [0.4, 0.5) is 0 Å². The van der Waals surface area contributed by atoms with Crippen molar-refractivity contribution in [2.24, 2.45) is 16.7 Å². The Morgan fingerprint density at radius 2 is 2.00 bits per heavy atom. The third-order valence-electron chi connectivity index (χ3n) is 5.60. The summed E-state index contributed by atoms with van der Waals surface area (Å²) >= 11 is 0. The number of carbonyl (C=O) groups is 1. The number of aliphatic hydroxyl groups excluding tert-OH is 1. The molecule has 3 atom stereocenters. The van der Waals surface area contributed by atoms with E-state index in [9.17, 15) is 9.90 Å². The van der Waals surface area contributed by atoms with Crippen LogP contribution in [0.5, 0.6) is 0 Å². The predicted molar refractivity (Wildman–Crippen MR) is 67.8 cm³/mol. The molecule has 0 aromatic carbocycles. The highest BCUT2D eigenvalue weighted by Gasteiger charge is 2.55. The molecule has 0 radical (unpaired) electrons. The van der Waals surface area contributed by atoms with Crippen molar-refractivity contribution in [3.63, 3.8) is 0 Å². The van der Waals surface area contributed by atoms with Crippen LogP contribution in [0.15, 0.2) is 11.1 Å². The lowest BCUT2D eigenvalue weighted by Gasteiger charge is -2.54. The van der Waals surface area contributed by atoms with Crippen molar-refractivity contribution in [3.8, 4) is 0 Å². The van der Waals surface area contributed by atoms with E-state index in [-0.39, 0.29) is 16.8 Å². The summed E-state index contributed by atoms with van der Waals surface area (Å²) in [6.45, 7) is 7.26. The van der Waals surface area contributed by atoms with E-state index >= 15 is 0 Å². The minimum atomic E-state index is -0.620. The first-order chi connectivity index (χ1) is 8.36. The molecule has 0 aromatic rings. The smallest absolute Gasteiger partial charge is 0.337 e. The van der Waals surface area contributed by atoms with Gasteiger partial charge in [-0.3, -0.25) is 0 Å². The summed E-state index contributed by atoms with van der Waals surface area (Å²) in [6, 6.07) is 0. The molecule has 1 heterocycles. The van der Waals surface area contributed by atoms with E-state index in [0.717, 1.165) is 12.0 Å². The van der Waals surface area contributed by atoms with E-state index in [1.807, 2.05) is 0 Å². The summed E-state index contributed by atoms with van der Waals surface area (Å²) in [4.78, 5) is 11.8. The number of rotatable bonds is 0. The first-order valence-corrected chi connectivity index (χ1v) is 6.95. The van der Waals surface area contributed by atoms with Gasteiger partial charge < -0.3 is 9.84 Å². The molecule has 100 valence electrons. The highest BCUT2D eigenvalue weighted by molar-refractivity contribution is 5.93. The monoisotopic (exact) mass is 250 g/mol. The van der Waals surface area contributed by atoms with Crippen LogP contribution in [0.1, 0.15) is 46.5 Å². The Kier molecular flexibility index (Phi) is 2.44. The highest BCUT2D eigenvalue weighted by Crippen LogP contribution is 2.60. The minimum absolute atomic E-state index is 0.0441.